The van der Waals surface area contributed by atoms with Gasteiger partial charge in [0.05, 0.1) is 18.5 Å². The van der Waals surface area contributed by atoms with Gasteiger partial charge in [0.15, 0.2) is 0 Å². The van der Waals surface area contributed by atoms with Crippen LogP contribution in [0.3, 0.4) is 0 Å². The van der Waals surface area contributed by atoms with Gasteiger partial charge in [0.25, 0.3) is 0 Å². The maximum Gasteiger partial charge on any atom is 0.216 e. The molecule has 1 unspecified atom stereocenters. The summed E-state index contributed by atoms with van der Waals surface area (Å²) in [6, 6.07) is -0.174. The average Bonchev–Trinajstić information content (AvgIpc) is 2.18. The van der Waals surface area contributed by atoms with Crippen molar-refractivity contribution in [2.45, 2.75) is 32.1 Å². The summed E-state index contributed by atoms with van der Waals surface area (Å²) in [6.07, 6.45) is 0. The summed E-state index contributed by atoms with van der Waals surface area (Å²) in [7, 11) is -0.140. The molecule has 0 fully saturated rings. The van der Waals surface area contributed by atoms with Gasteiger partial charge in [-0.15, -0.1) is 0 Å². The van der Waals surface area contributed by atoms with E-state index in [1.807, 2.05) is 6.92 Å². The normalized spacial score (nSPS) is 14.7. The number of hydrogen-bond acceptors (Lipinski definition) is 4. The van der Waals surface area contributed by atoms with Crippen LogP contribution < -0.4 is 0 Å². The number of methoxy groups -OCH3 is 2. The molecule has 1 atom stereocenters. The van der Waals surface area contributed by atoms with Gasteiger partial charge in [-0.25, -0.2) is 8.42 Å². The van der Waals surface area contributed by atoms with E-state index in [1.165, 1.54) is 4.31 Å². The van der Waals surface area contributed by atoms with Crippen LogP contribution >= 0.6 is 0 Å². The van der Waals surface area contributed by atoms with Crippen LogP contribution in [0.15, 0.2) is 0 Å². The summed E-state index contributed by atoms with van der Waals surface area (Å²) in [6.45, 7) is 6.32. The smallest absolute Gasteiger partial charge is 0.216 e. The second-order valence-corrected chi connectivity index (χ2v) is 6.44. The minimum absolute atomic E-state index is 0.174. The van der Waals surface area contributed by atoms with Crippen molar-refractivity contribution in [3.63, 3.8) is 0 Å². The van der Waals surface area contributed by atoms with Crippen molar-refractivity contribution in [3.8, 4) is 0 Å². The third-order valence-electron chi connectivity index (χ3n) is 2.34. The van der Waals surface area contributed by atoms with Crippen molar-refractivity contribution in [1.82, 2.24) is 4.31 Å². The highest BCUT2D eigenvalue weighted by Crippen LogP contribution is 2.12. The lowest BCUT2D eigenvalue weighted by atomic mass is 10.3. The van der Waals surface area contributed by atoms with Crippen molar-refractivity contribution in [2.24, 2.45) is 0 Å². The van der Waals surface area contributed by atoms with E-state index in [0.717, 1.165) is 0 Å². The zero-order chi connectivity index (χ0) is 12.8. The van der Waals surface area contributed by atoms with E-state index in [1.54, 1.807) is 28.1 Å². The van der Waals surface area contributed by atoms with Crippen LogP contribution in [0.1, 0.15) is 20.8 Å². The second kappa shape index (κ2) is 7.21. The Bertz CT molecular complexity index is 277. The first-order valence-electron chi connectivity index (χ1n) is 5.36. The van der Waals surface area contributed by atoms with E-state index in [9.17, 15) is 8.42 Å². The third-order valence-corrected chi connectivity index (χ3v) is 4.73. The highest BCUT2D eigenvalue weighted by molar-refractivity contribution is 7.89. The van der Waals surface area contributed by atoms with Crippen molar-refractivity contribution in [3.05, 3.63) is 0 Å². The summed E-state index contributed by atoms with van der Waals surface area (Å²) >= 11 is 0. The summed E-state index contributed by atoms with van der Waals surface area (Å²) in [4.78, 5) is 0. The van der Waals surface area contributed by atoms with Gasteiger partial charge in [0, 0.05) is 26.8 Å². The highest BCUT2D eigenvalue weighted by atomic mass is 32.2. The Morgan fingerprint density at radius 2 is 1.69 bits per heavy atom. The van der Waals surface area contributed by atoms with Crippen molar-refractivity contribution in [1.29, 1.82) is 0 Å². The summed E-state index contributed by atoms with van der Waals surface area (Å²) in [5.41, 5.74) is 0. The molecule has 0 spiro atoms. The Hall–Kier alpha value is -0.170. The zero-order valence-corrected chi connectivity index (χ0v) is 11.6. The predicted molar refractivity (Wildman–Crippen MR) is 64.0 cm³/mol. The van der Waals surface area contributed by atoms with Crippen LogP contribution in [0, 0.1) is 0 Å². The number of sulfonamides is 1. The van der Waals surface area contributed by atoms with Crippen molar-refractivity contribution in [2.75, 3.05) is 34.0 Å². The lowest BCUT2D eigenvalue weighted by Crippen LogP contribution is -2.45. The van der Waals surface area contributed by atoms with E-state index >= 15 is 0 Å². The third kappa shape index (κ3) is 4.37. The minimum Gasteiger partial charge on any atom is -0.383 e. The Labute approximate surface area is 98.8 Å². The molecule has 0 aromatic rings. The lowest BCUT2D eigenvalue weighted by molar-refractivity contribution is 0.118. The highest BCUT2D eigenvalue weighted by Gasteiger charge is 2.29. The molecule has 6 heteroatoms. The predicted octanol–water partition coefficient (Wildman–Crippen LogP) is 0.708. The lowest BCUT2D eigenvalue weighted by Gasteiger charge is -2.29. The Kier molecular flexibility index (Phi) is 7.14. The number of hydrogen-bond donors (Lipinski definition) is 0. The fraction of sp³-hybridized carbons (Fsp3) is 1.00. The van der Waals surface area contributed by atoms with E-state index in [2.05, 4.69) is 0 Å². The van der Waals surface area contributed by atoms with E-state index in [4.69, 9.17) is 9.47 Å². The van der Waals surface area contributed by atoms with Crippen LogP contribution in [0.4, 0.5) is 0 Å². The quantitative estimate of drug-likeness (QED) is 0.639. The first-order valence-corrected chi connectivity index (χ1v) is 6.86. The topological polar surface area (TPSA) is 55.8 Å². The average molecular weight is 253 g/mol. The Balaban J connectivity index is 4.79. The van der Waals surface area contributed by atoms with Gasteiger partial charge < -0.3 is 9.47 Å². The van der Waals surface area contributed by atoms with E-state index in [0.29, 0.717) is 19.8 Å². The molecule has 0 saturated carbocycles. The fourth-order valence-corrected chi connectivity index (χ4v) is 2.81. The molecule has 0 bridgehead atoms. The van der Waals surface area contributed by atoms with Crippen LogP contribution in [-0.2, 0) is 19.5 Å². The van der Waals surface area contributed by atoms with Gasteiger partial charge in [-0.2, -0.15) is 4.31 Å². The summed E-state index contributed by atoms with van der Waals surface area (Å²) in [5.74, 6) is 0. The maximum atomic E-state index is 12.1. The summed E-state index contributed by atoms with van der Waals surface area (Å²) in [5, 5.41) is -0.427. The maximum absolute atomic E-state index is 12.1. The standard InChI is InChI=1S/C10H23NO4S/c1-9(2)16(12,13)11(6-7-14-4)10(3)8-15-5/h9-10H,6-8H2,1-5H3. The second-order valence-electron chi connectivity index (χ2n) is 4.00. The Morgan fingerprint density at radius 1 is 1.12 bits per heavy atom. The molecular weight excluding hydrogens is 230 g/mol. The molecule has 0 N–H and O–H groups in total. The largest absolute Gasteiger partial charge is 0.383 e. The SMILES string of the molecule is COCCN(C(C)COC)S(=O)(=O)C(C)C. The molecule has 0 rings (SSSR count). The van der Waals surface area contributed by atoms with Gasteiger partial charge >= 0.3 is 0 Å². The molecule has 0 aliphatic rings. The van der Waals surface area contributed by atoms with Gasteiger partial charge in [0.1, 0.15) is 0 Å². The van der Waals surface area contributed by atoms with Crippen molar-refractivity contribution >= 4 is 10.0 Å². The number of rotatable bonds is 8. The van der Waals surface area contributed by atoms with Gasteiger partial charge in [-0.1, -0.05) is 0 Å². The first kappa shape index (κ1) is 15.8. The van der Waals surface area contributed by atoms with Crippen LogP contribution in [0.25, 0.3) is 0 Å². The molecule has 0 aromatic heterocycles. The van der Waals surface area contributed by atoms with E-state index < -0.39 is 15.3 Å². The monoisotopic (exact) mass is 253 g/mol. The molecule has 5 nitrogen and oxygen atoms in total. The van der Waals surface area contributed by atoms with Crippen LogP contribution in [0.5, 0.6) is 0 Å². The van der Waals surface area contributed by atoms with E-state index in [-0.39, 0.29) is 6.04 Å². The summed E-state index contributed by atoms with van der Waals surface area (Å²) < 4.78 is 35.5. The van der Waals surface area contributed by atoms with Crippen LogP contribution in [0.2, 0.25) is 0 Å². The molecule has 0 radical (unpaired) electrons. The molecule has 0 aliphatic heterocycles. The van der Waals surface area contributed by atoms with Gasteiger partial charge in [-0.3, -0.25) is 0 Å². The molecule has 0 heterocycles. The zero-order valence-electron chi connectivity index (χ0n) is 10.8. The van der Waals surface area contributed by atoms with Gasteiger partial charge in [0.2, 0.25) is 10.0 Å². The molecule has 0 aromatic carbocycles. The van der Waals surface area contributed by atoms with Gasteiger partial charge in [-0.05, 0) is 20.8 Å². The molecular formula is C10H23NO4S. The van der Waals surface area contributed by atoms with Crippen LogP contribution in [-0.4, -0.2) is 58.0 Å². The first-order chi connectivity index (χ1) is 7.37. The number of ether oxygens (including phenoxy) is 2. The fourth-order valence-electron chi connectivity index (χ4n) is 1.37. The molecule has 0 amide bonds. The molecule has 0 saturated heterocycles. The minimum atomic E-state index is -3.26. The number of nitrogens with zero attached hydrogens (tertiary/aromatic N) is 1. The molecule has 16 heavy (non-hydrogen) atoms. The Morgan fingerprint density at radius 3 is 2.06 bits per heavy atom. The molecule has 0 aliphatic carbocycles. The molecule has 98 valence electrons. The van der Waals surface area contributed by atoms with Crippen molar-refractivity contribution < 1.29 is 17.9 Å².